The van der Waals surface area contributed by atoms with Gasteiger partial charge in [0.25, 0.3) is 0 Å². The van der Waals surface area contributed by atoms with Crippen molar-refractivity contribution in [3.8, 4) is 28.8 Å². The highest BCUT2D eigenvalue weighted by Gasteiger charge is 2.06. The van der Waals surface area contributed by atoms with Crippen LogP contribution in [-0.2, 0) is 0 Å². The second-order valence-corrected chi connectivity index (χ2v) is 7.58. The van der Waals surface area contributed by atoms with Gasteiger partial charge in [0.1, 0.15) is 11.6 Å². The van der Waals surface area contributed by atoms with E-state index in [-0.39, 0.29) is 0 Å². The van der Waals surface area contributed by atoms with Gasteiger partial charge in [-0.3, -0.25) is 0 Å². The van der Waals surface area contributed by atoms with Crippen molar-refractivity contribution in [1.82, 2.24) is 9.97 Å². The molecule has 1 N–H and O–H groups in total. The normalized spacial score (nSPS) is 10.7. The van der Waals surface area contributed by atoms with Crippen LogP contribution in [0.1, 0.15) is 22.5 Å². The molecule has 0 saturated heterocycles. The van der Waals surface area contributed by atoms with Gasteiger partial charge in [-0.1, -0.05) is 53.3 Å². The van der Waals surface area contributed by atoms with Crippen LogP contribution in [0.3, 0.4) is 0 Å². The number of hydrogen-bond acceptors (Lipinski definition) is 2. The molecular formula is C26H18Cl2N2O. The second kappa shape index (κ2) is 9.57. The third kappa shape index (κ3) is 5.38. The molecule has 0 aliphatic rings. The molecular weight excluding hydrogens is 427 g/mol. The summed E-state index contributed by atoms with van der Waals surface area (Å²) in [7, 11) is 1.65. The van der Waals surface area contributed by atoms with Crippen LogP contribution < -0.4 is 4.74 Å². The van der Waals surface area contributed by atoms with E-state index >= 15 is 0 Å². The average Bonchev–Trinajstić information content (AvgIpc) is 3.26. The molecule has 4 rings (SSSR count). The van der Waals surface area contributed by atoms with Crippen molar-refractivity contribution >= 4 is 35.4 Å². The molecule has 0 spiro atoms. The first-order chi connectivity index (χ1) is 15.1. The van der Waals surface area contributed by atoms with E-state index in [1.807, 2.05) is 66.7 Å². The summed E-state index contributed by atoms with van der Waals surface area (Å²) in [6, 6.07) is 21.1. The van der Waals surface area contributed by atoms with Crippen LogP contribution in [-0.4, -0.2) is 17.1 Å². The van der Waals surface area contributed by atoms with Gasteiger partial charge in [0.15, 0.2) is 0 Å². The Morgan fingerprint density at radius 2 is 1.55 bits per heavy atom. The van der Waals surface area contributed by atoms with E-state index < -0.39 is 0 Å². The number of aromatic nitrogens is 2. The van der Waals surface area contributed by atoms with Crippen molar-refractivity contribution in [2.75, 3.05) is 7.11 Å². The fourth-order valence-electron chi connectivity index (χ4n) is 2.94. The molecule has 1 heterocycles. The minimum atomic E-state index is 0.581. The molecule has 1 aromatic heterocycles. The van der Waals surface area contributed by atoms with Gasteiger partial charge in [-0.2, -0.15) is 0 Å². The number of rotatable bonds is 4. The maximum atomic E-state index is 6.27. The molecule has 0 saturated carbocycles. The summed E-state index contributed by atoms with van der Waals surface area (Å²) in [5.74, 6) is 7.89. The molecule has 0 atom stereocenters. The lowest BCUT2D eigenvalue weighted by atomic mass is 10.1. The number of H-pyrrole nitrogens is 1. The van der Waals surface area contributed by atoms with Gasteiger partial charge >= 0.3 is 0 Å². The number of nitrogens with one attached hydrogen (secondary N) is 1. The van der Waals surface area contributed by atoms with Crippen molar-refractivity contribution in [2.45, 2.75) is 0 Å². The second-order valence-electron chi connectivity index (χ2n) is 6.74. The smallest absolute Gasteiger partial charge is 0.130 e. The molecule has 0 aliphatic carbocycles. The summed E-state index contributed by atoms with van der Waals surface area (Å²) >= 11 is 12.2. The summed E-state index contributed by atoms with van der Waals surface area (Å²) < 4.78 is 5.16. The predicted molar refractivity (Wildman–Crippen MR) is 128 cm³/mol. The number of aromatic amines is 1. The van der Waals surface area contributed by atoms with Gasteiger partial charge in [-0.15, -0.1) is 0 Å². The van der Waals surface area contributed by atoms with E-state index in [4.69, 9.17) is 27.9 Å². The number of nitrogens with zero attached hydrogens (tertiary/aromatic N) is 1. The third-order valence-electron chi connectivity index (χ3n) is 4.60. The SMILES string of the molecule is COc1ccc(C#Cc2ccc(/C=C/c3ncc(-c4ccc(Cl)cc4Cl)[nH]3)cc2)cc1. The highest BCUT2D eigenvalue weighted by Crippen LogP contribution is 2.29. The summed E-state index contributed by atoms with van der Waals surface area (Å²) in [6.07, 6.45) is 5.67. The number of hydrogen-bond donors (Lipinski definition) is 1. The fraction of sp³-hybridized carbons (Fsp3) is 0.0385. The molecule has 0 amide bonds. The number of methoxy groups -OCH3 is 1. The minimum Gasteiger partial charge on any atom is -0.497 e. The Bertz CT molecular complexity index is 1280. The maximum Gasteiger partial charge on any atom is 0.130 e. The Balaban J connectivity index is 1.43. The van der Waals surface area contributed by atoms with E-state index in [0.717, 1.165) is 39.5 Å². The largest absolute Gasteiger partial charge is 0.497 e. The number of ether oxygens (including phenoxy) is 1. The lowest BCUT2D eigenvalue weighted by Gasteiger charge is -2.01. The van der Waals surface area contributed by atoms with Gasteiger partial charge in [-0.25, -0.2) is 4.98 Å². The lowest BCUT2D eigenvalue weighted by Crippen LogP contribution is -1.82. The fourth-order valence-corrected chi connectivity index (χ4v) is 3.45. The van der Waals surface area contributed by atoms with E-state index in [1.165, 1.54) is 0 Å². The van der Waals surface area contributed by atoms with E-state index in [9.17, 15) is 0 Å². The van der Waals surface area contributed by atoms with Crippen LogP contribution in [0.25, 0.3) is 23.4 Å². The first-order valence-corrected chi connectivity index (χ1v) is 10.3. The monoisotopic (exact) mass is 444 g/mol. The van der Waals surface area contributed by atoms with Crippen molar-refractivity contribution in [1.29, 1.82) is 0 Å². The molecule has 31 heavy (non-hydrogen) atoms. The van der Waals surface area contributed by atoms with Crippen LogP contribution in [0, 0.1) is 11.8 Å². The Morgan fingerprint density at radius 1 is 0.871 bits per heavy atom. The zero-order valence-electron chi connectivity index (χ0n) is 16.7. The number of benzene rings is 3. The molecule has 0 bridgehead atoms. The molecule has 0 fully saturated rings. The Morgan fingerprint density at radius 3 is 2.19 bits per heavy atom. The van der Waals surface area contributed by atoms with Crippen molar-refractivity contribution in [3.05, 3.63) is 105 Å². The standard InChI is InChI=1S/C26H18Cl2N2O/c1-31-22-12-8-20(9-13-22)7-4-18-2-5-19(6-3-18)10-15-26-29-17-25(30-26)23-14-11-21(27)16-24(23)28/h2-3,5-6,8-17H,1H3,(H,29,30)/b15-10+. The summed E-state index contributed by atoms with van der Waals surface area (Å²) in [5.41, 5.74) is 4.64. The highest BCUT2D eigenvalue weighted by molar-refractivity contribution is 6.36. The van der Waals surface area contributed by atoms with Crippen molar-refractivity contribution in [2.24, 2.45) is 0 Å². The van der Waals surface area contributed by atoms with E-state index in [2.05, 4.69) is 21.8 Å². The van der Waals surface area contributed by atoms with Crippen LogP contribution in [0.15, 0.2) is 72.9 Å². The Labute approximate surface area is 191 Å². The van der Waals surface area contributed by atoms with Gasteiger partial charge in [0.05, 0.1) is 24.0 Å². The maximum absolute atomic E-state index is 6.27. The Hall–Kier alpha value is -3.45. The van der Waals surface area contributed by atoms with Crippen LogP contribution in [0.4, 0.5) is 0 Å². The first kappa shape index (κ1) is 20.8. The molecule has 3 nitrogen and oxygen atoms in total. The number of imidazole rings is 1. The summed E-state index contributed by atoms with van der Waals surface area (Å²) in [5, 5.41) is 1.18. The first-order valence-electron chi connectivity index (χ1n) is 9.55. The predicted octanol–water partition coefficient (Wildman–Crippen LogP) is 6.96. The van der Waals surface area contributed by atoms with Gasteiger partial charge in [0, 0.05) is 21.7 Å². The minimum absolute atomic E-state index is 0.581. The molecule has 3 aromatic carbocycles. The lowest BCUT2D eigenvalue weighted by molar-refractivity contribution is 0.415. The number of halogens is 2. The molecule has 0 aliphatic heterocycles. The van der Waals surface area contributed by atoms with Crippen LogP contribution >= 0.6 is 23.2 Å². The van der Waals surface area contributed by atoms with Gasteiger partial charge < -0.3 is 9.72 Å². The van der Waals surface area contributed by atoms with E-state index in [0.29, 0.717) is 10.0 Å². The average molecular weight is 445 g/mol. The molecule has 0 unspecified atom stereocenters. The molecule has 0 radical (unpaired) electrons. The quantitative estimate of drug-likeness (QED) is 0.345. The molecule has 5 heteroatoms. The molecule has 152 valence electrons. The Kier molecular flexibility index (Phi) is 6.43. The van der Waals surface area contributed by atoms with Gasteiger partial charge in [0.2, 0.25) is 0 Å². The molecule has 4 aromatic rings. The zero-order valence-corrected chi connectivity index (χ0v) is 18.2. The highest BCUT2D eigenvalue weighted by atomic mass is 35.5. The summed E-state index contributed by atoms with van der Waals surface area (Å²) in [4.78, 5) is 7.66. The van der Waals surface area contributed by atoms with Crippen LogP contribution in [0.5, 0.6) is 5.75 Å². The summed E-state index contributed by atoms with van der Waals surface area (Å²) in [6.45, 7) is 0. The van der Waals surface area contributed by atoms with Crippen molar-refractivity contribution in [3.63, 3.8) is 0 Å². The van der Waals surface area contributed by atoms with Gasteiger partial charge in [-0.05, 0) is 66.2 Å². The zero-order chi connectivity index (χ0) is 21.6. The van der Waals surface area contributed by atoms with Crippen LogP contribution in [0.2, 0.25) is 10.0 Å². The topological polar surface area (TPSA) is 37.9 Å². The van der Waals surface area contributed by atoms with E-state index in [1.54, 1.807) is 25.4 Å². The van der Waals surface area contributed by atoms with Crippen molar-refractivity contribution < 1.29 is 4.74 Å². The third-order valence-corrected chi connectivity index (χ3v) is 5.15.